The smallest absolute Gasteiger partial charge is 0.261 e. The minimum absolute atomic E-state index is 0.0724. The number of hydrogen-bond acceptors (Lipinski definition) is 3. The third-order valence-corrected chi connectivity index (χ3v) is 6.21. The van der Waals surface area contributed by atoms with Crippen molar-refractivity contribution in [3.63, 3.8) is 0 Å². The highest BCUT2D eigenvalue weighted by molar-refractivity contribution is 7.92. The van der Waals surface area contributed by atoms with Gasteiger partial charge in [0.15, 0.2) is 0 Å². The number of aryl methyl sites for hydroxylation is 1. The molecule has 1 aliphatic heterocycles. The highest BCUT2D eigenvalue weighted by atomic mass is 32.2. The molecule has 1 heterocycles. The van der Waals surface area contributed by atoms with Gasteiger partial charge in [-0.15, -0.1) is 0 Å². The molecule has 0 aliphatic carbocycles. The largest absolute Gasteiger partial charge is 0.308 e. The minimum Gasteiger partial charge on any atom is -0.308 e. The second-order valence-corrected chi connectivity index (χ2v) is 8.52. The van der Waals surface area contributed by atoms with Crippen molar-refractivity contribution < 1.29 is 13.2 Å². The summed E-state index contributed by atoms with van der Waals surface area (Å²) >= 11 is 0. The number of nitrogens with one attached hydrogen (secondary N) is 1. The maximum atomic E-state index is 12.8. The molecule has 0 saturated heterocycles. The molecule has 0 radical (unpaired) electrons. The number of carbonyl (C=O) groups is 1. The van der Waals surface area contributed by atoms with Crippen LogP contribution in [0.1, 0.15) is 21.5 Å². The van der Waals surface area contributed by atoms with Crippen molar-refractivity contribution in [3.05, 3.63) is 89.5 Å². The van der Waals surface area contributed by atoms with Gasteiger partial charge in [-0.05, 0) is 61.4 Å². The van der Waals surface area contributed by atoms with Crippen molar-refractivity contribution in [1.29, 1.82) is 0 Å². The van der Waals surface area contributed by atoms with Gasteiger partial charge in [-0.25, -0.2) is 8.42 Å². The van der Waals surface area contributed by atoms with Crippen molar-refractivity contribution in [2.24, 2.45) is 0 Å². The lowest BCUT2D eigenvalue weighted by Gasteiger charge is -2.18. The molecule has 4 rings (SSSR count). The Labute approximate surface area is 164 Å². The number of sulfonamides is 1. The lowest BCUT2D eigenvalue weighted by Crippen LogP contribution is -2.28. The zero-order valence-electron chi connectivity index (χ0n) is 15.4. The van der Waals surface area contributed by atoms with E-state index in [0.717, 1.165) is 16.8 Å². The lowest BCUT2D eigenvalue weighted by molar-refractivity contribution is 0.0989. The highest BCUT2D eigenvalue weighted by Crippen LogP contribution is 2.32. The average Bonchev–Trinajstić information content (AvgIpc) is 3.12. The van der Waals surface area contributed by atoms with Crippen LogP contribution in [0.3, 0.4) is 0 Å². The number of hydrogen-bond donors (Lipinski definition) is 1. The van der Waals surface area contributed by atoms with E-state index < -0.39 is 10.0 Å². The Balaban J connectivity index is 1.60. The third-order valence-electron chi connectivity index (χ3n) is 4.83. The molecular weight excluding hydrogens is 372 g/mol. The summed E-state index contributed by atoms with van der Waals surface area (Å²) in [5, 5.41) is 0. The van der Waals surface area contributed by atoms with E-state index in [-0.39, 0.29) is 10.8 Å². The zero-order valence-corrected chi connectivity index (χ0v) is 16.2. The van der Waals surface area contributed by atoms with Gasteiger partial charge in [-0.2, -0.15) is 0 Å². The molecule has 6 heteroatoms. The first kappa shape index (κ1) is 18.3. The third kappa shape index (κ3) is 3.51. The van der Waals surface area contributed by atoms with Crippen LogP contribution < -0.4 is 9.62 Å². The van der Waals surface area contributed by atoms with Gasteiger partial charge >= 0.3 is 0 Å². The molecule has 0 unspecified atom stereocenters. The first-order valence-electron chi connectivity index (χ1n) is 9.03. The summed E-state index contributed by atoms with van der Waals surface area (Å²) in [4.78, 5) is 14.7. The molecule has 0 aromatic heterocycles. The Kier molecular flexibility index (Phi) is 4.65. The van der Waals surface area contributed by atoms with E-state index in [0.29, 0.717) is 24.2 Å². The standard InChI is InChI=1S/C22H20N2O3S/c1-16-7-9-17(10-8-16)22(25)24-14-13-18-15-20(11-12-21(18)24)28(26,27)23-19-5-3-2-4-6-19/h2-12,15,23H,13-14H2,1H3. The summed E-state index contributed by atoms with van der Waals surface area (Å²) in [6.07, 6.45) is 0.627. The Morgan fingerprint density at radius 3 is 2.39 bits per heavy atom. The van der Waals surface area contributed by atoms with E-state index >= 15 is 0 Å². The quantitative estimate of drug-likeness (QED) is 0.730. The fraction of sp³-hybridized carbons (Fsp3) is 0.136. The van der Waals surface area contributed by atoms with Crippen LogP contribution in [0.15, 0.2) is 77.7 Å². The molecule has 0 atom stereocenters. The van der Waals surface area contributed by atoms with Gasteiger partial charge in [-0.3, -0.25) is 9.52 Å². The number of carbonyl (C=O) groups excluding carboxylic acids is 1. The molecule has 0 bridgehead atoms. The summed E-state index contributed by atoms with van der Waals surface area (Å²) in [5.41, 5.74) is 3.86. The van der Waals surface area contributed by atoms with Gasteiger partial charge in [0.05, 0.1) is 4.90 Å². The normalized spacial score (nSPS) is 13.2. The van der Waals surface area contributed by atoms with Gasteiger partial charge in [0.1, 0.15) is 0 Å². The number of amides is 1. The van der Waals surface area contributed by atoms with Crippen molar-refractivity contribution in [2.45, 2.75) is 18.2 Å². The summed E-state index contributed by atoms with van der Waals surface area (Å²) in [6, 6.07) is 21.2. The fourth-order valence-electron chi connectivity index (χ4n) is 3.33. The second-order valence-electron chi connectivity index (χ2n) is 6.83. The number of para-hydroxylation sites is 1. The van der Waals surface area contributed by atoms with Crippen LogP contribution in [0.5, 0.6) is 0 Å². The van der Waals surface area contributed by atoms with Crippen LogP contribution in [0.4, 0.5) is 11.4 Å². The number of rotatable bonds is 4. The number of nitrogens with zero attached hydrogens (tertiary/aromatic N) is 1. The molecule has 1 aliphatic rings. The summed E-state index contributed by atoms with van der Waals surface area (Å²) in [7, 11) is -3.68. The molecule has 3 aromatic rings. The van der Waals surface area contributed by atoms with Crippen LogP contribution in [0.2, 0.25) is 0 Å². The van der Waals surface area contributed by atoms with Crippen LogP contribution in [-0.2, 0) is 16.4 Å². The molecule has 0 saturated carbocycles. The Hall–Kier alpha value is -3.12. The van der Waals surface area contributed by atoms with Gasteiger partial charge in [0.25, 0.3) is 15.9 Å². The van der Waals surface area contributed by atoms with E-state index in [1.54, 1.807) is 47.4 Å². The van der Waals surface area contributed by atoms with Gasteiger partial charge < -0.3 is 4.90 Å². The van der Waals surface area contributed by atoms with Crippen molar-refractivity contribution in [1.82, 2.24) is 0 Å². The van der Waals surface area contributed by atoms with Gasteiger partial charge in [0.2, 0.25) is 0 Å². The van der Waals surface area contributed by atoms with Gasteiger partial charge in [0, 0.05) is 23.5 Å². The molecule has 1 N–H and O–H groups in total. The maximum Gasteiger partial charge on any atom is 0.261 e. The Morgan fingerprint density at radius 1 is 0.964 bits per heavy atom. The summed E-state index contributed by atoms with van der Waals surface area (Å²) in [6.45, 7) is 2.52. The zero-order chi connectivity index (χ0) is 19.7. The fourth-order valence-corrected chi connectivity index (χ4v) is 4.44. The number of fused-ring (bicyclic) bond motifs is 1. The molecular formula is C22H20N2O3S. The van der Waals surface area contributed by atoms with E-state index in [4.69, 9.17) is 0 Å². The van der Waals surface area contributed by atoms with Crippen LogP contribution in [0, 0.1) is 6.92 Å². The van der Waals surface area contributed by atoms with Crippen LogP contribution in [0.25, 0.3) is 0 Å². The SMILES string of the molecule is Cc1ccc(C(=O)N2CCc3cc(S(=O)(=O)Nc4ccccc4)ccc32)cc1. The number of benzene rings is 3. The number of anilines is 2. The summed E-state index contributed by atoms with van der Waals surface area (Å²) < 4.78 is 27.9. The molecule has 5 nitrogen and oxygen atoms in total. The topological polar surface area (TPSA) is 66.5 Å². The van der Waals surface area contributed by atoms with Gasteiger partial charge in [-0.1, -0.05) is 35.9 Å². The first-order valence-corrected chi connectivity index (χ1v) is 10.5. The monoisotopic (exact) mass is 392 g/mol. The molecule has 0 spiro atoms. The van der Waals surface area contributed by atoms with Crippen LogP contribution in [-0.4, -0.2) is 20.9 Å². The second kappa shape index (κ2) is 7.13. The predicted octanol–water partition coefficient (Wildman–Crippen LogP) is 4.00. The van der Waals surface area contributed by atoms with E-state index in [1.165, 1.54) is 0 Å². The molecule has 3 aromatic carbocycles. The first-order chi connectivity index (χ1) is 13.4. The van der Waals surface area contributed by atoms with Crippen molar-refractivity contribution in [3.8, 4) is 0 Å². The minimum atomic E-state index is -3.68. The Bertz CT molecular complexity index is 1120. The van der Waals surface area contributed by atoms with E-state index in [1.807, 2.05) is 37.3 Å². The summed E-state index contributed by atoms with van der Waals surface area (Å²) in [5.74, 6) is -0.0724. The highest BCUT2D eigenvalue weighted by Gasteiger charge is 2.27. The molecule has 28 heavy (non-hydrogen) atoms. The van der Waals surface area contributed by atoms with Crippen molar-refractivity contribution in [2.75, 3.05) is 16.2 Å². The molecule has 142 valence electrons. The molecule has 1 amide bonds. The van der Waals surface area contributed by atoms with Crippen molar-refractivity contribution >= 4 is 27.3 Å². The maximum absolute atomic E-state index is 12.8. The van der Waals surface area contributed by atoms with E-state index in [2.05, 4.69) is 4.72 Å². The Morgan fingerprint density at radius 2 is 1.68 bits per heavy atom. The average molecular weight is 392 g/mol. The van der Waals surface area contributed by atoms with E-state index in [9.17, 15) is 13.2 Å². The predicted molar refractivity (Wildman–Crippen MR) is 110 cm³/mol. The van der Waals surface area contributed by atoms with Crippen LogP contribution >= 0.6 is 0 Å². The molecule has 0 fully saturated rings. The lowest BCUT2D eigenvalue weighted by atomic mass is 10.1.